The Balaban J connectivity index is 2.62. The lowest BCUT2D eigenvalue weighted by atomic mass is 10.0. The third-order valence-corrected chi connectivity index (χ3v) is 2.28. The fourth-order valence-electron chi connectivity index (χ4n) is 1.54. The lowest BCUT2D eigenvalue weighted by Crippen LogP contribution is -2.18. The van der Waals surface area contributed by atoms with Crippen molar-refractivity contribution in [3.05, 3.63) is 35.4 Å². The first-order valence-electron chi connectivity index (χ1n) is 4.92. The van der Waals surface area contributed by atoms with Crippen molar-refractivity contribution in [1.29, 1.82) is 0 Å². The number of hydrogen-bond donors (Lipinski definition) is 1. The molecule has 0 fully saturated rings. The molecule has 0 aliphatic heterocycles. The zero-order chi connectivity index (χ0) is 11.3. The van der Waals surface area contributed by atoms with E-state index in [9.17, 15) is 4.79 Å². The highest BCUT2D eigenvalue weighted by Gasteiger charge is 2.12. The lowest BCUT2D eigenvalue weighted by molar-refractivity contribution is -0.139. The van der Waals surface area contributed by atoms with Crippen LogP contribution >= 0.6 is 0 Å². The monoisotopic (exact) mass is 208 g/mol. The van der Waals surface area contributed by atoms with E-state index in [2.05, 4.69) is 0 Å². The van der Waals surface area contributed by atoms with Crippen molar-refractivity contribution in [1.82, 2.24) is 0 Å². The van der Waals surface area contributed by atoms with Crippen molar-refractivity contribution in [3.63, 3.8) is 0 Å². The molecule has 1 aromatic rings. The second kappa shape index (κ2) is 5.51. The quantitative estimate of drug-likeness (QED) is 0.805. The Labute approximate surface area is 89.7 Å². The number of ether oxygens (including phenoxy) is 1. The van der Waals surface area contributed by atoms with Gasteiger partial charge >= 0.3 is 5.97 Å². The second-order valence-corrected chi connectivity index (χ2v) is 3.65. The van der Waals surface area contributed by atoms with Crippen LogP contribution in [0.1, 0.15) is 17.5 Å². The molecule has 3 nitrogen and oxygen atoms in total. The molecule has 0 aliphatic carbocycles. The molecule has 0 heterocycles. The second-order valence-electron chi connectivity index (χ2n) is 3.65. The smallest absolute Gasteiger partial charge is 0.305 e. The number of hydrogen-bond acceptors (Lipinski definition) is 2. The predicted molar refractivity (Wildman–Crippen MR) is 57.9 cm³/mol. The van der Waals surface area contributed by atoms with E-state index in [1.54, 1.807) is 7.11 Å². The van der Waals surface area contributed by atoms with E-state index in [1.807, 2.05) is 31.2 Å². The van der Waals surface area contributed by atoms with E-state index >= 15 is 0 Å². The van der Waals surface area contributed by atoms with Crippen LogP contribution in [-0.4, -0.2) is 24.3 Å². The number of aliphatic carboxylic acids is 1. The predicted octanol–water partition coefficient (Wildman–Crippen LogP) is 2.03. The van der Waals surface area contributed by atoms with Crippen molar-refractivity contribution >= 4 is 5.97 Å². The van der Waals surface area contributed by atoms with Gasteiger partial charge < -0.3 is 9.84 Å². The van der Waals surface area contributed by atoms with Gasteiger partial charge in [0.2, 0.25) is 0 Å². The first-order chi connectivity index (χ1) is 7.11. The maximum Gasteiger partial charge on any atom is 0.305 e. The zero-order valence-electron chi connectivity index (χ0n) is 9.06. The van der Waals surface area contributed by atoms with E-state index in [0.717, 1.165) is 5.56 Å². The minimum atomic E-state index is -0.825. The van der Waals surface area contributed by atoms with Crippen molar-refractivity contribution < 1.29 is 14.6 Å². The number of aryl methyl sites for hydroxylation is 1. The van der Waals surface area contributed by atoms with Crippen LogP contribution in [0.25, 0.3) is 0 Å². The van der Waals surface area contributed by atoms with Crippen LogP contribution in [0.5, 0.6) is 0 Å². The third kappa shape index (κ3) is 4.13. The highest BCUT2D eigenvalue weighted by atomic mass is 16.5. The maximum absolute atomic E-state index is 10.5. The van der Waals surface area contributed by atoms with E-state index in [-0.39, 0.29) is 12.5 Å². The Morgan fingerprint density at radius 3 is 2.80 bits per heavy atom. The van der Waals surface area contributed by atoms with Gasteiger partial charge in [-0.1, -0.05) is 29.8 Å². The first kappa shape index (κ1) is 11.7. The van der Waals surface area contributed by atoms with Gasteiger partial charge in [0, 0.05) is 7.11 Å². The number of carboxylic acid groups (broad SMARTS) is 1. The van der Waals surface area contributed by atoms with Gasteiger partial charge in [0.15, 0.2) is 0 Å². The van der Waals surface area contributed by atoms with Crippen molar-refractivity contribution in [3.8, 4) is 0 Å². The minimum absolute atomic E-state index is 0.0461. The Morgan fingerprint density at radius 2 is 2.27 bits per heavy atom. The van der Waals surface area contributed by atoms with Gasteiger partial charge in [-0.3, -0.25) is 4.79 Å². The number of benzene rings is 1. The number of carbonyl (C=O) groups is 1. The topological polar surface area (TPSA) is 46.5 Å². The summed E-state index contributed by atoms with van der Waals surface area (Å²) < 4.78 is 5.12. The summed E-state index contributed by atoms with van der Waals surface area (Å²) in [5.74, 6) is -0.825. The summed E-state index contributed by atoms with van der Waals surface area (Å²) in [5, 5.41) is 8.67. The Hall–Kier alpha value is -1.35. The van der Waals surface area contributed by atoms with Gasteiger partial charge in [-0.2, -0.15) is 0 Å². The van der Waals surface area contributed by atoms with Gasteiger partial charge in [-0.15, -0.1) is 0 Å². The summed E-state index contributed by atoms with van der Waals surface area (Å²) in [6, 6.07) is 8.02. The maximum atomic E-state index is 10.5. The average molecular weight is 208 g/mol. The summed E-state index contributed by atoms with van der Waals surface area (Å²) in [5.41, 5.74) is 2.29. The molecule has 0 amide bonds. The molecule has 0 radical (unpaired) electrons. The molecular formula is C12H16O3. The highest BCUT2D eigenvalue weighted by molar-refractivity contribution is 5.67. The standard InChI is InChI=1S/C12H16O3/c1-9-4-3-5-10(6-9)7-11(15-2)8-12(13)14/h3-6,11H,7-8H2,1-2H3,(H,13,14). The van der Waals surface area contributed by atoms with Crippen LogP contribution < -0.4 is 0 Å². The summed E-state index contributed by atoms with van der Waals surface area (Å²) in [4.78, 5) is 10.5. The molecule has 0 saturated heterocycles. The normalized spacial score (nSPS) is 12.4. The molecule has 1 aromatic carbocycles. The van der Waals surface area contributed by atoms with E-state index < -0.39 is 5.97 Å². The van der Waals surface area contributed by atoms with Gasteiger partial charge in [0.1, 0.15) is 0 Å². The summed E-state index contributed by atoms with van der Waals surface area (Å²) in [6.45, 7) is 2.02. The zero-order valence-corrected chi connectivity index (χ0v) is 9.06. The van der Waals surface area contributed by atoms with Crippen molar-refractivity contribution in [2.24, 2.45) is 0 Å². The minimum Gasteiger partial charge on any atom is -0.481 e. The molecule has 1 rings (SSSR count). The summed E-state index contributed by atoms with van der Waals surface area (Å²) >= 11 is 0. The summed E-state index contributed by atoms with van der Waals surface area (Å²) in [6.07, 6.45) is 0.443. The van der Waals surface area contributed by atoms with Crippen molar-refractivity contribution in [2.45, 2.75) is 25.9 Å². The molecule has 0 aliphatic rings. The van der Waals surface area contributed by atoms with Gasteiger partial charge in [-0.05, 0) is 18.9 Å². The van der Waals surface area contributed by atoms with E-state index in [0.29, 0.717) is 6.42 Å². The van der Waals surface area contributed by atoms with Gasteiger partial charge in [0.25, 0.3) is 0 Å². The molecule has 0 saturated carbocycles. The van der Waals surface area contributed by atoms with Crippen LogP contribution in [0.2, 0.25) is 0 Å². The molecule has 3 heteroatoms. The molecule has 0 bridgehead atoms. The SMILES string of the molecule is COC(CC(=O)O)Cc1cccc(C)c1. The first-order valence-corrected chi connectivity index (χ1v) is 4.92. The number of methoxy groups -OCH3 is 1. The van der Waals surface area contributed by atoms with E-state index in [4.69, 9.17) is 9.84 Å². The molecule has 82 valence electrons. The van der Waals surface area contributed by atoms with Crippen molar-refractivity contribution in [2.75, 3.05) is 7.11 Å². The molecular weight excluding hydrogens is 192 g/mol. The van der Waals surface area contributed by atoms with Crippen LogP contribution in [0, 0.1) is 6.92 Å². The van der Waals surface area contributed by atoms with Gasteiger partial charge in [0.05, 0.1) is 12.5 Å². The fourth-order valence-corrected chi connectivity index (χ4v) is 1.54. The van der Waals surface area contributed by atoms with Crippen LogP contribution in [0.3, 0.4) is 0 Å². The highest BCUT2D eigenvalue weighted by Crippen LogP contribution is 2.10. The number of rotatable bonds is 5. The van der Waals surface area contributed by atoms with Crippen LogP contribution in [0.4, 0.5) is 0 Å². The van der Waals surface area contributed by atoms with Crippen LogP contribution in [0.15, 0.2) is 24.3 Å². The Morgan fingerprint density at radius 1 is 1.53 bits per heavy atom. The number of carboxylic acids is 1. The molecule has 0 spiro atoms. The third-order valence-electron chi connectivity index (χ3n) is 2.28. The van der Waals surface area contributed by atoms with Crippen LogP contribution in [-0.2, 0) is 16.0 Å². The molecule has 0 aromatic heterocycles. The molecule has 1 N–H and O–H groups in total. The fraction of sp³-hybridized carbons (Fsp3) is 0.417. The average Bonchev–Trinajstić information content (AvgIpc) is 2.16. The Bertz CT molecular complexity index is 333. The molecule has 1 unspecified atom stereocenters. The lowest BCUT2D eigenvalue weighted by Gasteiger charge is -2.13. The van der Waals surface area contributed by atoms with E-state index in [1.165, 1.54) is 5.56 Å². The summed E-state index contributed by atoms with van der Waals surface area (Å²) in [7, 11) is 1.55. The molecule has 15 heavy (non-hydrogen) atoms. The van der Waals surface area contributed by atoms with Gasteiger partial charge in [-0.25, -0.2) is 0 Å². The largest absolute Gasteiger partial charge is 0.481 e. The Kier molecular flexibility index (Phi) is 4.31. The molecule has 1 atom stereocenters.